The molecule has 2 unspecified atom stereocenters. The molecule has 0 aromatic heterocycles. The van der Waals surface area contributed by atoms with Crippen molar-refractivity contribution in [1.82, 2.24) is 0 Å². The summed E-state index contributed by atoms with van der Waals surface area (Å²) in [5.74, 6) is 4.09. The van der Waals surface area contributed by atoms with Crippen LogP contribution in [-0.2, 0) is 4.79 Å². The molecule has 3 saturated carbocycles. The lowest BCUT2D eigenvalue weighted by Crippen LogP contribution is -2.52. The van der Waals surface area contributed by atoms with Gasteiger partial charge in [0.25, 0.3) is 0 Å². The highest BCUT2D eigenvalue weighted by Gasteiger charge is 2.61. The quantitative estimate of drug-likeness (QED) is 0.780. The molecule has 0 spiro atoms. The summed E-state index contributed by atoms with van der Waals surface area (Å²) in [6.45, 7) is 7.56. The molecule has 0 radical (unpaired) electrons. The summed E-state index contributed by atoms with van der Waals surface area (Å²) in [7, 11) is 0. The van der Waals surface area contributed by atoms with E-state index >= 15 is 0 Å². The summed E-state index contributed by atoms with van der Waals surface area (Å²) in [4.78, 5) is 11.8. The van der Waals surface area contributed by atoms with Crippen LogP contribution in [0, 0.1) is 40.4 Å². The minimum absolute atomic E-state index is 0.112. The average molecular weight is 316 g/mol. The highest BCUT2D eigenvalue weighted by atomic mass is 16.3. The SMILES string of the molecule is CC1CC2=CC(=O)CC[C@@H]2[C@H]2CC[C@@]3(C)[C@@H](CCC3(C)CO)[C@H]12. The highest BCUT2D eigenvalue weighted by molar-refractivity contribution is 5.91. The molecule has 23 heavy (non-hydrogen) atoms. The number of hydrogen-bond acceptors (Lipinski definition) is 2. The summed E-state index contributed by atoms with van der Waals surface area (Å²) < 4.78 is 0. The molecule has 2 heteroatoms. The number of fused-ring (bicyclic) bond motifs is 5. The Kier molecular flexibility index (Phi) is 3.58. The summed E-state index contributed by atoms with van der Waals surface area (Å²) in [5.41, 5.74) is 1.89. The van der Waals surface area contributed by atoms with E-state index in [0.717, 1.165) is 37.0 Å². The number of hydrogen-bond donors (Lipinski definition) is 1. The molecule has 4 aliphatic carbocycles. The van der Waals surface area contributed by atoms with Gasteiger partial charge in [0, 0.05) is 13.0 Å². The van der Waals surface area contributed by atoms with Gasteiger partial charge < -0.3 is 5.11 Å². The lowest BCUT2D eigenvalue weighted by Gasteiger charge is -2.58. The number of aliphatic hydroxyl groups is 1. The van der Waals surface area contributed by atoms with Gasteiger partial charge in [-0.2, -0.15) is 0 Å². The van der Waals surface area contributed by atoms with E-state index in [-0.39, 0.29) is 5.41 Å². The molecule has 3 fully saturated rings. The first-order valence-electron chi connectivity index (χ1n) is 9.74. The Morgan fingerprint density at radius 3 is 2.74 bits per heavy atom. The fourth-order valence-corrected chi connectivity index (χ4v) is 7.21. The number of allylic oxidation sites excluding steroid dienone is 1. The molecule has 7 atom stereocenters. The minimum Gasteiger partial charge on any atom is -0.396 e. The van der Waals surface area contributed by atoms with Crippen LogP contribution in [0.3, 0.4) is 0 Å². The topological polar surface area (TPSA) is 37.3 Å². The molecule has 0 bridgehead atoms. The van der Waals surface area contributed by atoms with Gasteiger partial charge in [-0.05, 0) is 85.0 Å². The zero-order chi connectivity index (χ0) is 16.4. The molecule has 2 nitrogen and oxygen atoms in total. The normalized spacial score (nSPS) is 52.4. The van der Waals surface area contributed by atoms with E-state index in [1.165, 1.54) is 31.3 Å². The van der Waals surface area contributed by atoms with Crippen LogP contribution in [0.4, 0.5) is 0 Å². The number of carbonyl (C=O) groups excluding carboxylic acids is 1. The third-order valence-electron chi connectivity index (χ3n) is 8.77. The van der Waals surface area contributed by atoms with Crippen molar-refractivity contribution >= 4 is 5.78 Å². The van der Waals surface area contributed by atoms with Gasteiger partial charge in [0.05, 0.1) is 0 Å². The second-order valence-corrected chi connectivity index (χ2v) is 9.57. The second kappa shape index (κ2) is 5.18. The van der Waals surface area contributed by atoms with Crippen molar-refractivity contribution in [1.29, 1.82) is 0 Å². The lowest BCUT2D eigenvalue weighted by atomic mass is 9.47. The Balaban J connectivity index is 1.68. The maximum absolute atomic E-state index is 11.8. The third-order valence-corrected chi connectivity index (χ3v) is 8.77. The maximum Gasteiger partial charge on any atom is 0.155 e. The van der Waals surface area contributed by atoms with Gasteiger partial charge in [-0.1, -0.05) is 26.3 Å². The van der Waals surface area contributed by atoms with Gasteiger partial charge in [-0.3, -0.25) is 4.79 Å². The summed E-state index contributed by atoms with van der Waals surface area (Å²) in [6, 6.07) is 0. The molecular weight excluding hydrogens is 284 g/mol. The van der Waals surface area contributed by atoms with Crippen molar-refractivity contribution in [3.63, 3.8) is 0 Å². The van der Waals surface area contributed by atoms with Crippen molar-refractivity contribution in [2.24, 2.45) is 40.4 Å². The number of carbonyl (C=O) groups is 1. The van der Waals surface area contributed by atoms with Crippen LogP contribution in [0.25, 0.3) is 0 Å². The summed E-state index contributed by atoms with van der Waals surface area (Å²) in [5, 5.41) is 10.1. The van der Waals surface area contributed by atoms with Crippen LogP contribution in [0.1, 0.15) is 65.7 Å². The van der Waals surface area contributed by atoms with E-state index in [9.17, 15) is 9.90 Å². The molecule has 1 N–H and O–H groups in total. The third kappa shape index (κ3) is 2.06. The molecule has 128 valence electrons. The van der Waals surface area contributed by atoms with E-state index in [2.05, 4.69) is 20.8 Å². The van der Waals surface area contributed by atoms with Gasteiger partial charge in [0.2, 0.25) is 0 Å². The lowest BCUT2D eigenvalue weighted by molar-refractivity contribution is -0.117. The highest BCUT2D eigenvalue weighted by Crippen LogP contribution is 2.68. The second-order valence-electron chi connectivity index (χ2n) is 9.57. The Morgan fingerprint density at radius 1 is 1.22 bits per heavy atom. The number of aliphatic hydroxyl groups excluding tert-OH is 1. The number of ketones is 1. The van der Waals surface area contributed by atoms with E-state index < -0.39 is 0 Å². The van der Waals surface area contributed by atoms with Crippen LogP contribution in [-0.4, -0.2) is 17.5 Å². The van der Waals surface area contributed by atoms with Crippen LogP contribution in [0.15, 0.2) is 11.6 Å². The molecule has 4 rings (SSSR count). The standard InChI is InChI=1S/C21H32O2/c1-13-10-14-11-15(23)4-5-16(14)17-6-9-21(3)18(19(13)17)7-8-20(21,2)12-22/h11,13,16-19,22H,4-10,12H2,1-3H3/t13?,16-,17+,18-,19+,20?,21-/m0/s1. The van der Waals surface area contributed by atoms with Gasteiger partial charge in [0.1, 0.15) is 0 Å². The predicted octanol–water partition coefficient (Wildman–Crippen LogP) is 4.37. The van der Waals surface area contributed by atoms with Gasteiger partial charge in [0.15, 0.2) is 5.78 Å². The number of rotatable bonds is 1. The monoisotopic (exact) mass is 316 g/mol. The smallest absolute Gasteiger partial charge is 0.155 e. The molecule has 0 aromatic carbocycles. The Hall–Kier alpha value is -0.630. The fourth-order valence-electron chi connectivity index (χ4n) is 7.21. The predicted molar refractivity (Wildman–Crippen MR) is 91.8 cm³/mol. The average Bonchev–Trinajstić information content (AvgIpc) is 2.79. The van der Waals surface area contributed by atoms with Crippen LogP contribution in [0.5, 0.6) is 0 Å². The Bertz CT molecular complexity index is 550. The zero-order valence-electron chi connectivity index (χ0n) is 15.0. The van der Waals surface area contributed by atoms with Crippen molar-refractivity contribution in [2.75, 3.05) is 6.61 Å². The molecule has 0 aromatic rings. The zero-order valence-corrected chi connectivity index (χ0v) is 15.0. The molecule has 0 heterocycles. The van der Waals surface area contributed by atoms with E-state index in [4.69, 9.17) is 0 Å². The molecule has 4 aliphatic rings. The fraction of sp³-hybridized carbons (Fsp3) is 0.857. The first-order chi connectivity index (χ1) is 10.9. The molecule has 0 aliphatic heterocycles. The van der Waals surface area contributed by atoms with Crippen molar-refractivity contribution in [2.45, 2.75) is 65.7 Å². The minimum atomic E-state index is 0.112. The molecular formula is C21H32O2. The van der Waals surface area contributed by atoms with Crippen molar-refractivity contribution in [3.8, 4) is 0 Å². The molecule has 0 saturated heterocycles. The van der Waals surface area contributed by atoms with Crippen LogP contribution in [0.2, 0.25) is 0 Å². The molecule has 0 amide bonds. The Morgan fingerprint density at radius 2 is 2.00 bits per heavy atom. The summed E-state index contributed by atoms with van der Waals surface area (Å²) >= 11 is 0. The van der Waals surface area contributed by atoms with Gasteiger partial charge >= 0.3 is 0 Å². The largest absolute Gasteiger partial charge is 0.396 e. The van der Waals surface area contributed by atoms with E-state index in [1.807, 2.05) is 6.08 Å². The van der Waals surface area contributed by atoms with Gasteiger partial charge in [-0.25, -0.2) is 0 Å². The van der Waals surface area contributed by atoms with E-state index in [0.29, 0.717) is 29.6 Å². The van der Waals surface area contributed by atoms with E-state index in [1.54, 1.807) is 0 Å². The van der Waals surface area contributed by atoms with Crippen molar-refractivity contribution < 1.29 is 9.90 Å². The maximum atomic E-state index is 11.8. The van der Waals surface area contributed by atoms with Crippen molar-refractivity contribution in [3.05, 3.63) is 11.6 Å². The Labute approximate surface area is 140 Å². The first kappa shape index (κ1) is 15.9. The van der Waals surface area contributed by atoms with Crippen LogP contribution >= 0.6 is 0 Å². The first-order valence-corrected chi connectivity index (χ1v) is 9.74. The van der Waals surface area contributed by atoms with Gasteiger partial charge in [-0.15, -0.1) is 0 Å². The van der Waals surface area contributed by atoms with Crippen LogP contribution < -0.4 is 0 Å². The summed E-state index contributed by atoms with van der Waals surface area (Å²) in [6.07, 6.45) is 10.0.